The Labute approximate surface area is 273 Å². The van der Waals surface area contributed by atoms with Crippen molar-refractivity contribution in [3.05, 3.63) is 82.0 Å². The zero-order valence-corrected chi connectivity index (χ0v) is 29.6. The second-order valence-corrected chi connectivity index (χ2v) is 20.2. The SMILES string of the molecule is CC(C)(C)C[C@@H]1N[C@@H](C(=O)Nc2ccn(CCO[Si](C)(C)C(C)(C)C)n2)C(c2cccc(Cl)c2)[C@@]1(C#N)c1ccc(Cl)cc1. The molecule has 0 bridgehead atoms. The van der Waals surface area contributed by atoms with E-state index >= 15 is 0 Å². The molecule has 1 aliphatic rings. The van der Waals surface area contributed by atoms with Gasteiger partial charge in [-0.2, -0.15) is 10.4 Å². The standard InChI is InChI=1S/C34H45Cl2N5O2Si/c1-32(2,3)21-27-34(22-37,24-12-14-25(35)15-13-24)29(23-10-9-11-26(36)20-23)30(38-27)31(42)39-28-16-17-41(40-28)18-19-43-44(7,8)33(4,5)6/h9-17,20,27,29-30,38H,18-19,21H2,1-8H3,(H,39,40,42)/t27-,29?,30+,34-/m0/s1. The molecule has 1 aliphatic heterocycles. The van der Waals surface area contributed by atoms with Gasteiger partial charge in [-0.25, -0.2) is 0 Å². The number of nitrogens with one attached hydrogen (secondary N) is 2. The number of rotatable bonds is 9. The summed E-state index contributed by atoms with van der Waals surface area (Å²) in [6.45, 7) is 18.7. The molecule has 0 aliphatic carbocycles. The second kappa shape index (κ2) is 13.0. The lowest BCUT2D eigenvalue weighted by Gasteiger charge is -2.37. The minimum absolute atomic E-state index is 0.123. The van der Waals surface area contributed by atoms with E-state index in [1.807, 2.05) is 36.5 Å². The maximum atomic E-state index is 14.1. The van der Waals surface area contributed by atoms with E-state index in [2.05, 4.69) is 76.4 Å². The van der Waals surface area contributed by atoms with Crippen LogP contribution in [0.5, 0.6) is 0 Å². The molecule has 1 aromatic heterocycles. The number of carbonyl (C=O) groups is 1. The molecular weight excluding hydrogens is 609 g/mol. The topological polar surface area (TPSA) is 92.0 Å². The van der Waals surface area contributed by atoms with Crippen molar-refractivity contribution in [1.29, 1.82) is 5.26 Å². The maximum absolute atomic E-state index is 14.1. The number of carbonyl (C=O) groups excluding carboxylic acids is 1. The first-order valence-electron chi connectivity index (χ1n) is 15.1. The molecule has 2 aromatic carbocycles. The molecule has 2 heterocycles. The molecule has 1 saturated heterocycles. The highest BCUT2D eigenvalue weighted by Crippen LogP contribution is 2.51. The Balaban J connectivity index is 1.67. The third-order valence-corrected chi connectivity index (χ3v) is 14.1. The third kappa shape index (κ3) is 7.40. The summed E-state index contributed by atoms with van der Waals surface area (Å²) in [5.41, 5.74) is 0.413. The number of nitrogens with zero attached hydrogens (tertiary/aromatic N) is 3. The summed E-state index contributed by atoms with van der Waals surface area (Å²) in [6.07, 6.45) is 2.50. The molecule has 2 N–H and O–H groups in total. The Kier molecular flexibility index (Phi) is 10.1. The zero-order chi connectivity index (χ0) is 32.5. The number of hydrogen-bond acceptors (Lipinski definition) is 5. The molecule has 4 atom stereocenters. The number of aromatic nitrogens is 2. The molecule has 1 fully saturated rings. The minimum Gasteiger partial charge on any atom is -0.415 e. The molecule has 4 rings (SSSR count). The maximum Gasteiger partial charge on any atom is 0.243 e. The Hall–Kier alpha value is -2.67. The van der Waals surface area contributed by atoms with E-state index in [-0.39, 0.29) is 22.4 Å². The van der Waals surface area contributed by atoms with Crippen LogP contribution in [0.25, 0.3) is 0 Å². The fourth-order valence-electron chi connectivity index (χ4n) is 5.82. The number of amides is 1. The largest absolute Gasteiger partial charge is 0.415 e. The van der Waals surface area contributed by atoms with Crippen molar-refractivity contribution in [1.82, 2.24) is 15.1 Å². The summed E-state index contributed by atoms with van der Waals surface area (Å²) in [6, 6.07) is 18.3. The Morgan fingerprint density at radius 3 is 2.36 bits per heavy atom. The Morgan fingerprint density at radius 1 is 1.09 bits per heavy atom. The Bertz CT molecular complexity index is 1500. The first-order valence-corrected chi connectivity index (χ1v) is 18.8. The van der Waals surface area contributed by atoms with Crippen molar-refractivity contribution in [3.63, 3.8) is 0 Å². The molecule has 0 spiro atoms. The summed E-state index contributed by atoms with van der Waals surface area (Å²) in [5, 5.41) is 23.6. The van der Waals surface area contributed by atoms with E-state index in [4.69, 9.17) is 27.6 Å². The van der Waals surface area contributed by atoms with Gasteiger partial charge in [0.25, 0.3) is 0 Å². The van der Waals surface area contributed by atoms with Gasteiger partial charge in [0.05, 0.1) is 25.3 Å². The molecular formula is C34H45Cl2N5O2Si. The van der Waals surface area contributed by atoms with E-state index < -0.39 is 25.7 Å². The van der Waals surface area contributed by atoms with Gasteiger partial charge in [0.15, 0.2) is 14.1 Å². The highest BCUT2D eigenvalue weighted by molar-refractivity contribution is 6.74. The van der Waals surface area contributed by atoms with E-state index in [9.17, 15) is 10.1 Å². The summed E-state index contributed by atoms with van der Waals surface area (Å²) >= 11 is 12.8. The van der Waals surface area contributed by atoms with E-state index in [0.29, 0.717) is 35.4 Å². The monoisotopic (exact) mass is 653 g/mol. The summed E-state index contributed by atoms with van der Waals surface area (Å²) in [5.74, 6) is -0.357. The van der Waals surface area contributed by atoms with Gasteiger partial charge in [0, 0.05) is 34.3 Å². The second-order valence-electron chi connectivity index (χ2n) is 14.5. The van der Waals surface area contributed by atoms with Crippen molar-refractivity contribution in [2.24, 2.45) is 5.41 Å². The van der Waals surface area contributed by atoms with Gasteiger partial charge in [-0.05, 0) is 65.4 Å². The zero-order valence-electron chi connectivity index (χ0n) is 27.0. The number of nitriles is 1. The van der Waals surface area contributed by atoms with Crippen LogP contribution in [-0.2, 0) is 21.2 Å². The average molecular weight is 655 g/mol. The lowest BCUT2D eigenvalue weighted by Crippen LogP contribution is -2.44. The highest BCUT2D eigenvalue weighted by atomic mass is 35.5. The van der Waals surface area contributed by atoms with Crippen molar-refractivity contribution in [2.75, 3.05) is 11.9 Å². The van der Waals surface area contributed by atoms with Crippen LogP contribution in [0.2, 0.25) is 28.2 Å². The van der Waals surface area contributed by atoms with E-state index in [0.717, 1.165) is 11.1 Å². The van der Waals surface area contributed by atoms with Gasteiger partial charge < -0.3 is 15.1 Å². The van der Waals surface area contributed by atoms with Crippen LogP contribution in [0, 0.1) is 16.7 Å². The molecule has 44 heavy (non-hydrogen) atoms. The molecule has 236 valence electrons. The van der Waals surface area contributed by atoms with Crippen LogP contribution in [0.4, 0.5) is 5.82 Å². The summed E-state index contributed by atoms with van der Waals surface area (Å²) in [4.78, 5) is 14.1. The summed E-state index contributed by atoms with van der Waals surface area (Å²) in [7, 11) is -1.87. The third-order valence-electron chi connectivity index (χ3n) is 9.05. The lowest BCUT2D eigenvalue weighted by molar-refractivity contribution is -0.118. The smallest absolute Gasteiger partial charge is 0.243 e. The normalized spacial score (nSPS) is 22.5. The molecule has 1 unspecified atom stereocenters. The van der Waals surface area contributed by atoms with Gasteiger partial charge in [-0.1, -0.05) is 89.0 Å². The minimum atomic E-state index is -1.87. The number of anilines is 1. The molecule has 0 radical (unpaired) electrons. The van der Waals surface area contributed by atoms with Crippen LogP contribution in [-0.4, -0.2) is 42.7 Å². The van der Waals surface area contributed by atoms with Gasteiger partial charge >= 0.3 is 0 Å². The van der Waals surface area contributed by atoms with Crippen molar-refractivity contribution < 1.29 is 9.22 Å². The fraction of sp³-hybridized carbons (Fsp3) is 0.500. The predicted octanol–water partition coefficient (Wildman–Crippen LogP) is 8.17. The van der Waals surface area contributed by atoms with Crippen LogP contribution >= 0.6 is 23.2 Å². The predicted molar refractivity (Wildman–Crippen MR) is 182 cm³/mol. The van der Waals surface area contributed by atoms with Crippen LogP contribution in [0.1, 0.15) is 65.0 Å². The number of hydrogen-bond donors (Lipinski definition) is 2. The molecule has 10 heteroatoms. The molecule has 3 aromatic rings. The molecule has 0 saturated carbocycles. The quantitative estimate of drug-likeness (QED) is 0.227. The Morgan fingerprint density at radius 2 is 1.77 bits per heavy atom. The molecule has 7 nitrogen and oxygen atoms in total. The number of benzene rings is 2. The first kappa shape index (κ1) is 34.2. The average Bonchev–Trinajstić information content (AvgIpc) is 3.49. The van der Waals surface area contributed by atoms with Crippen LogP contribution in [0.3, 0.4) is 0 Å². The van der Waals surface area contributed by atoms with Crippen molar-refractivity contribution in [2.45, 2.75) is 96.1 Å². The van der Waals surface area contributed by atoms with Crippen molar-refractivity contribution >= 4 is 43.2 Å². The van der Waals surface area contributed by atoms with E-state index in [1.54, 1.807) is 28.9 Å². The first-order chi connectivity index (χ1) is 20.5. The van der Waals surface area contributed by atoms with E-state index in [1.165, 1.54) is 0 Å². The fourth-order valence-corrected chi connectivity index (χ4v) is 7.18. The van der Waals surface area contributed by atoms with Gasteiger partial charge in [-0.15, -0.1) is 0 Å². The summed E-state index contributed by atoms with van der Waals surface area (Å²) < 4.78 is 8.10. The van der Waals surface area contributed by atoms with Crippen molar-refractivity contribution in [3.8, 4) is 6.07 Å². The lowest BCUT2D eigenvalue weighted by atomic mass is 9.63. The van der Waals surface area contributed by atoms with Gasteiger partial charge in [0.1, 0.15) is 5.41 Å². The van der Waals surface area contributed by atoms with Crippen LogP contribution < -0.4 is 10.6 Å². The van der Waals surface area contributed by atoms with Gasteiger partial charge in [0.2, 0.25) is 5.91 Å². The van der Waals surface area contributed by atoms with Crippen LogP contribution in [0.15, 0.2) is 60.8 Å². The number of halogens is 2. The molecule has 1 amide bonds. The van der Waals surface area contributed by atoms with Gasteiger partial charge in [-0.3, -0.25) is 9.48 Å². The highest BCUT2D eigenvalue weighted by Gasteiger charge is 2.59.